The molecule has 0 amide bonds. The second-order valence-electron chi connectivity index (χ2n) is 5.03. The van der Waals surface area contributed by atoms with Crippen molar-refractivity contribution in [1.82, 2.24) is 13.9 Å². The summed E-state index contributed by atoms with van der Waals surface area (Å²) in [4.78, 5) is 0. The van der Waals surface area contributed by atoms with Crippen LogP contribution >= 0.6 is 0 Å². The van der Waals surface area contributed by atoms with Crippen molar-refractivity contribution < 1.29 is 8.42 Å². The maximum Gasteiger partial charge on any atom is 0.282 e. The minimum absolute atomic E-state index is 0.507. The standard InChI is InChI=1S/C12H23N3O2S/c1-14(9-5-8-13-12-6-7-12)18(16,17)15-10-3-2-4-11-15/h2-3,12-13H,4-11H2,1H3. The van der Waals surface area contributed by atoms with Gasteiger partial charge in [0.25, 0.3) is 10.2 Å². The molecule has 0 aromatic carbocycles. The average Bonchev–Trinajstić information content (AvgIpc) is 3.19. The van der Waals surface area contributed by atoms with Crippen LogP contribution in [0.25, 0.3) is 0 Å². The van der Waals surface area contributed by atoms with Gasteiger partial charge >= 0.3 is 0 Å². The first-order valence-electron chi connectivity index (χ1n) is 6.70. The topological polar surface area (TPSA) is 52.7 Å². The van der Waals surface area contributed by atoms with Gasteiger partial charge in [0.2, 0.25) is 0 Å². The molecular weight excluding hydrogens is 250 g/mol. The lowest BCUT2D eigenvalue weighted by atomic mass is 10.3. The number of hydrogen-bond acceptors (Lipinski definition) is 3. The van der Waals surface area contributed by atoms with Crippen LogP contribution in [0.4, 0.5) is 0 Å². The highest BCUT2D eigenvalue weighted by molar-refractivity contribution is 7.86. The largest absolute Gasteiger partial charge is 0.314 e. The fourth-order valence-corrected chi connectivity index (χ4v) is 3.40. The van der Waals surface area contributed by atoms with E-state index in [0.29, 0.717) is 25.7 Å². The molecule has 1 aliphatic carbocycles. The summed E-state index contributed by atoms with van der Waals surface area (Å²) in [6, 6.07) is 0.694. The Hall–Kier alpha value is -0.430. The van der Waals surface area contributed by atoms with Crippen LogP contribution in [-0.4, -0.2) is 56.3 Å². The molecule has 0 saturated heterocycles. The first kappa shape index (κ1) is 14.0. The smallest absolute Gasteiger partial charge is 0.282 e. The molecule has 1 fully saturated rings. The Morgan fingerprint density at radius 1 is 1.39 bits per heavy atom. The van der Waals surface area contributed by atoms with E-state index in [1.165, 1.54) is 17.1 Å². The molecule has 2 rings (SSSR count). The number of hydrogen-bond donors (Lipinski definition) is 1. The zero-order valence-electron chi connectivity index (χ0n) is 11.0. The van der Waals surface area contributed by atoms with Crippen LogP contribution < -0.4 is 5.32 Å². The predicted molar refractivity (Wildman–Crippen MR) is 72.5 cm³/mol. The minimum atomic E-state index is -3.26. The van der Waals surface area contributed by atoms with Crippen molar-refractivity contribution in [3.05, 3.63) is 12.2 Å². The molecule has 2 aliphatic rings. The molecule has 5 nitrogen and oxygen atoms in total. The summed E-state index contributed by atoms with van der Waals surface area (Å²) < 4.78 is 27.5. The second-order valence-corrected chi connectivity index (χ2v) is 7.06. The van der Waals surface area contributed by atoms with Crippen LogP contribution in [0.3, 0.4) is 0 Å². The lowest BCUT2D eigenvalue weighted by Crippen LogP contribution is -2.44. The fourth-order valence-electron chi connectivity index (χ4n) is 2.04. The Morgan fingerprint density at radius 3 is 2.78 bits per heavy atom. The Morgan fingerprint density at radius 2 is 2.17 bits per heavy atom. The van der Waals surface area contributed by atoms with Crippen LogP contribution in [-0.2, 0) is 10.2 Å². The summed E-state index contributed by atoms with van der Waals surface area (Å²) in [7, 11) is -1.59. The lowest BCUT2D eigenvalue weighted by molar-refractivity contribution is 0.370. The molecule has 1 N–H and O–H groups in total. The third-order valence-electron chi connectivity index (χ3n) is 3.40. The van der Waals surface area contributed by atoms with E-state index in [2.05, 4.69) is 5.32 Å². The monoisotopic (exact) mass is 273 g/mol. The molecule has 0 atom stereocenters. The Labute approximate surface area is 110 Å². The van der Waals surface area contributed by atoms with E-state index in [-0.39, 0.29) is 0 Å². The number of rotatable bonds is 7. The van der Waals surface area contributed by atoms with Gasteiger partial charge in [-0.3, -0.25) is 0 Å². The molecule has 104 valence electrons. The zero-order chi connectivity index (χ0) is 13.0. The maximum absolute atomic E-state index is 12.2. The molecule has 0 spiro atoms. The normalized spacial score (nSPS) is 21.7. The van der Waals surface area contributed by atoms with Crippen molar-refractivity contribution in [3.63, 3.8) is 0 Å². The fraction of sp³-hybridized carbons (Fsp3) is 0.833. The Balaban J connectivity index is 1.74. The van der Waals surface area contributed by atoms with Gasteiger partial charge in [-0.1, -0.05) is 12.2 Å². The van der Waals surface area contributed by atoms with Gasteiger partial charge < -0.3 is 5.32 Å². The Bertz CT molecular complexity index is 390. The van der Waals surface area contributed by atoms with Gasteiger partial charge in [0.05, 0.1) is 0 Å². The van der Waals surface area contributed by atoms with Crippen LogP contribution in [0.5, 0.6) is 0 Å². The van der Waals surface area contributed by atoms with E-state index in [9.17, 15) is 8.42 Å². The third kappa shape index (κ3) is 3.78. The minimum Gasteiger partial charge on any atom is -0.314 e. The van der Waals surface area contributed by atoms with Crippen molar-refractivity contribution in [3.8, 4) is 0 Å². The summed E-state index contributed by atoms with van der Waals surface area (Å²) in [5, 5.41) is 3.40. The van der Waals surface area contributed by atoms with Crippen molar-refractivity contribution in [2.24, 2.45) is 0 Å². The molecular formula is C12H23N3O2S. The van der Waals surface area contributed by atoms with Crippen LogP contribution in [0.1, 0.15) is 25.7 Å². The van der Waals surface area contributed by atoms with Crippen LogP contribution in [0.2, 0.25) is 0 Å². The van der Waals surface area contributed by atoms with Gasteiger partial charge in [-0.2, -0.15) is 17.0 Å². The van der Waals surface area contributed by atoms with E-state index in [0.717, 1.165) is 19.4 Å². The molecule has 0 aromatic heterocycles. The average molecular weight is 273 g/mol. The van der Waals surface area contributed by atoms with Gasteiger partial charge in [-0.05, 0) is 32.2 Å². The van der Waals surface area contributed by atoms with E-state index in [1.54, 1.807) is 11.4 Å². The first-order valence-corrected chi connectivity index (χ1v) is 8.10. The van der Waals surface area contributed by atoms with Crippen LogP contribution in [0.15, 0.2) is 12.2 Å². The lowest BCUT2D eigenvalue weighted by Gasteiger charge is -2.28. The van der Waals surface area contributed by atoms with Gasteiger partial charge in [-0.15, -0.1) is 0 Å². The SMILES string of the molecule is CN(CCCNC1CC1)S(=O)(=O)N1CC=CCC1. The molecule has 6 heteroatoms. The zero-order valence-corrected chi connectivity index (χ0v) is 11.8. The molecule has 0 radical (unpaired) electrons. The summed E-state index contributed by atoms with van der Waals surface area (Å²) in [6.45, 7) is 2.60. The summed E-state index contributed by atoms with van der Waals surface area (Å²) in [5.74, 6) is 0. The van der Waals surface area contributed by atoms with Gasteiger partial charge in [0.1, 0.15) is 0 Å². The third-order valence-corrected chi connectivity index (χ3v) is 5.36. The van der Waals surface area contributed by atoms with Gasteiger partial charge in [-0.25, -0.2) is 0 Å². The Kier molecular flexibility index (Phi) is 4.77. The second kappa shape index (κ2) is 6.14. The summed E-state index contributed by atoms with van der Waals surface area (Å²) in [5.41, 5.74) is 0. The van der Waals surface area contributed by atoms with Crippen molar-refractivity contribution in [1.29, 1.82) is 0 Å². The van der Waals surface area contributed by atoms with Crippen molar-refractivity contribution in [2.45, 2.75) is 31.7 Å². The van der Waals surface area contributed by atoms with E-state index < -0.39 is 10.2 Å². The molecule has 18 heavy (non-hydrogen) atoms. The van der Waals surface area contributed by atoms with E-state index >= 15 is 0 Å². The molecule has 1 aliphatic heterocycles. The van der Waals surface area contributed by atoms with E-state index in [4.69, 9.17) is 0 Å². The van der Waals surface area contributed by atoms with Gasteiger partial charge in [0.15, 0.2) is 0 Å². The van der Waals surface area contributed by atoms with Gasteiger partial charge in [0, 0.05) is 32.7 Å². The van der Waals surface area contributed by atoms with Crippen molar-refractivity contribution in [2.75, 3.05) is 33.2 Å². The predicted octanol–water partition coefficient (Wildman–Crippen LogP) is 0.567. The first-order chi connectivity index (χ1) is 8.60. The maximum atomic E-state index is 12.2. The molecule has 0 unspecified atom stereocenters. The quantitative estimate of drug-likeness (QED) is 0.545. The van der Waals surface area contributed by atoms with Crippen molar-refractivity contribution >= 4 is 10.2 Å². The molecule has 0 aromatic rings. The van der Waals surface area contributed by atoms with Crippen LogP contribution in [0, 0.1) is 0 Å². The molecule has 1 heterocycles. The molecule has 0 bridgehead atoms. The highest BCUT2D eigenvalue weighted by Crippen LogP contribution is 2.18. The molecule has 1 saturated carbocycles. The summed E-state index contributed by atoms with van der Waals surface area (Å²) in [6.07, 6.45) is 8.18. The highest BCUT2D eigenvalue weighted by atomic mass is 32.2. The highest BCUT2D eigenvalue weighted by Gasteiger charge is 2.26. The number of nitrogens with zero attached hydrogens (tertiary/aromatic N) is 2. The van der Waals surface area contributed by atoms with E-state index in [1.807, 2.05) is 12.2 Å². The summed E-state index contributed by atoms with van der Waals surface area (Å²) >= 11 is 0. The number of nitrogens with one attached hydrogen (secondary N) is 1.